The third-order valence-electron chi connectivity index (χ3n) is 14.3. The standard InChI is InChI=1S/C51H55NO17/c1-27-33(66-47(62)41(67-37(58)23-22-36(56)57)39(30-16-10-7-11-17-30)52-45(60)31-18-12-8-13-19-31)25-51(63)44(68-46(61)32-20-14-9-15-21-32)42-49(6,34(55)24-35-50(42,26-64-35)69-29(3)54)43(59)40(65-28(2)53)38(27)48(51,4)5/h7-21,33-35,39-42,44,55,63H,22-26H2,1-6H3,(H,52,60)(H,56,57)/t33-,34-,35+,39?,40+,41?,42?,44-,49+,50-,51+/m0/s1. The minimum atomic E-state index is -2.50. The lowest BCUT2D eigenvalue weighted by Crippen LogP contribution is -2.82. The number of nitrogens with one attached hydrogen (secondary N) is 1. The van der Waals surface area contributed by atoms with E-state index >= 15 is 9.59 Å². The minimum Gasteiger partial charge on any atom is -0.481 e. The Labute approximate surface area is 397 Å². The molecule has 3 aromatic carbocycles. The number of hydrogen-bond donors (Lipinski definition) is 4. The number of ether oxygens (including phenoxy) is 6. The van der Waals surface area contributed by atoms with E-state index in [9.17, 15) is 44.1 Å². The average molecular weight is 954 g/mol. The van der Waals surface area contributed by atoms with Gasteiger partial charge < -0.3 is 49.1 Å². The number of hydrogen-bond acceptors (Lipinski definition) is 16. The van der Waals surface area contributed by atoms with Crippen molar-refractivity contribution in [3.63, 3.8) is 0 Å². The molecule has 1 heterocycles. The van der Waals surface area contributed by atoms with Crippen molar-refractivity contribution in [2.24, 2.45) is 16.7 Å². The first-order valence-electron chi connectivity index (χ1n) is 22.5. The van der Waals surface area contributed by atoms with E-state index in [1.165, 1.54) is 52.0 Å². The molecule has 0 aromatic heterocycles. The number of carbonyl (C=O) groups excluding carboxylic acids is 7. The van der Waals surface area contributed by atoms with Gasteiger partial charge in [-0.25, -0.2) is 9.59 Å². The Morgan fingerprint density at radius 3 is 1.96 bits per heavy atom. The quantitative estimate of drug-likeness (QED) is 0.100. The predicted molar refractivity (Wildman–Crippen MR) is 238 cm³/mol. The van der Waals surface area contributed by atoms with Gasteiger partial charge in [-0.05, 0) is 54.8 Å². The normalized spacial score (nSPS) is 29.7. The molecule has 1 aliphatic heterocycles. The molecule has 1 saturated heterocycles. The minimum absolute atomic E-state index is 0.0221. The number of benzene rings is 3. The number of aliphatic hydroxyl groups excluding tert-OH is 1. The Kier molecular flexibility index (Phi) is 14.0. The summed E-state index contributed by atoms with van der Waals surface area (Å²) in [6.07, 6.45) is -12.5. The summed E-state index contributed by atoms with van der Waals surface area (Å²) in [6.45, 7) is 7.68. The van der Waals surface area contributed by atoms with Crippen LogP contribution >= 0.6 is 0 Å². The van der Waals surface area contributed by atoms with E-state index in [0.29, 0.717) is 0 Å². The van der Waals surface area contributed by atoms with Gasteiger partial charge in [-0.1, -0.05) is 80.6 Å². The summed E-state index contributed by atoms with van der Waals surface area (Å²) in [5.74, 6) is -9.78. The van der Waals surface area contributed by atoms with Crippen molar-refractivity contribution in [2.45, 2.75) is 121 Å². The molecule has 366 valence electrons. The third kappa shape index (κ3) is 9.15. The summed E-state index contributed by atoms with van der Waals surface area (Å²) < 4.78 is 36.3. The number of esters is 5. The number of ketones is 1. The van der Waals surface area contributed by atoms with Gasteiger partial charge in [0.25, 0.3) is 5.91 Å². The summed E-state index contributed by atoms with van der Waals surface area (Å²) in [5, 5.41) is 38.2. The zero-order valence-corrected chi connectivity index (χ0v) is 38.9. The second kappa shape index (κ2) is 19.3. The maximum atomic E-state index is 15.7. The molecule has 2 bridgehead atoms. The lowest BCUT2D eigenvalue weighted by Gasteiger charge is -2.67. The van der Waals surface area contributed by atoms with Gasteiger partial charge in [-0.2, -0.15) is 0 Å². The summed E-state index contributed by atoms with van der Waals surface area (Å²) in [4.78, 5) is 110. The molecule has 11 atom stereocenters. The number of fused-ring (bicyclic) bond motifs is 5. The molecule has 2 saturated carbocycles. The van der Waals surface area contributed by atoms with Crippen LogP contribution in [-0.4, -0.2) is 117 Å². The van der Waals surface area contributed by atoms with Gasteiger partial charge in [0.15, 0.2) is 17.5 Å². The largest absolute Gasteiger partial charge is 0.481 e. The molecule has 0 radical (unpaired) electrons. The number of carboxylic acid groups (broad SMARTS) is 1. The van der Waals surface area contributed by atoms with Gasteiger partial charge >= 0.3 is 35.8 Å². The van der Waals surface area contributed by atoms with Gasteiger partial charge in [-0.3, -0.25) is 28.8 Å². The van der Waals surface area contributed by atoms with Crippen LogP contribution in [-0.2, 0) is 57.2 Å². The molecule has 3 fully saturated rings. The first kappa shape index (κ1) is 50.1. The molecule has 18 nitrogen and oxygen atoms in total. The van der Waals surface area contributed by atoms with Crippen molar-refractivity contribution in [3.8, 4) is 0 Å². The highest BCUT2D eigenvalue weighted by atomic mass is 16.6. The number of carboxylic acids is 1. The summed E-state index contributed by atoms with van der Waals surface area (Å²) >= 11 is 0. The van der Waals surface area contributed by atoms with E-state index in [1.54, 1.807) is 66.7 Å². The van der Waals surface area contributed by atoms with Crippen LogP contribution in [0.15, 0.2) is 102 Å². The molecule has 4 aliphatic rings. The van der Waals surface area contributed by atoms with Crippen molar-refractivity contribution >= 4 is 47.5 Å². The lowest BCUT2D eigenvalue weighted by molar-refractivity contribution is -0.346. The highest BCUT2D eigenvalue weighted by Crippen LogP contribution is 2.64. The zero-order valence-electron chi connectivity index (χ0n) is 38.9. The van der Waals surface area contributed by atoms with E-state index in [-0.39, 0.29) is 40.9 Å². The highest BCUT2D eigenvalue weighted by molar-refractivity contribution is 5.96. The van der Waals surface area contributed by atoms with Crippen LogP contribution in [0.5, 0.6) is 0 Å². The monoisotopic (exact) mass is 953 g/mol. The van der Waals surface area contributed by atoms with E-state index < -0.39 is 137 Å². The van der Waals surface area contributed by atoms with Crippen LogP contribution in [0.1, 0.15) is 99.5 Å². The second-order valence-electron chi connectivity index (χ2n) is 18.7. The predicted octanol–water partition coefficient (Wildman–Crippen LogP) is 4.15. The fraction of sp³-hybridized carbons (Fsp3) is 0.451. The average Bonchev–Trinajstić information content (AvgIpc) is 3.30. The molecule has 18 heteroatoms. The Bertz CT molecular complexity index is 2550. The molecule has 1 amide bonds. The van der Waals surface area contributed by atoms with Gasteiger partial charge in [0.1, 0.15) is 30.0 Å². The number of Topliss-reactive ketones (excluding diaryl/α,β-unsaturated/α-hetero) is 1. The number of aliphatic carboxylic acids is 1. The molecular weight excluding hydrogens is 899 g/mol. The van der Waals surface area contributed by atoms with Crippen LogP contribution in [0.25, 0.3) is 0 Å². The smallest absolute Gasteiger partial charge is 0.350 e. The van der Waals surface area contributed by atoms with E-state index in [1.807, 2.05) is 0 Å². The van der Waals surface area contributed by atoms with Gasteiger partial charge in [0.2, 0.25) is 6.10 Å². The Hall–Kier alpha value is -6.76. The van der Waals surface area contributed by atoms with Crippen molar-refractivity contribution in [3.05, 3.63) is 119 Å². The Morgan fingerprint density at radius 2 is 1.41 bits per heavy atom. The number of amides is 1. The van der Waals surface area contributed by atoms with E-state index in [0.717, 1.165) is 13.8 Å². The van der Waals surface area contributed by atoms with E-state index in [2.05, 4.69) is 5.32 Å². The van der Waals surface area contributed by atoms with Crippen molar-refractivity contribution in [1.29, 1.82) is 0 Å². The van der Waals surface area contributed by atoms with Crippen molar-refractivity contribution in [2.75, 3.05) is 6.61 Å². The maximum Gasteiger partial charge on any atom is 0.350 e. The SMILES string of the molecule is CC(=O)O[C@H]1C(=O)[C@@]2(C)C([C@H](OC(=O)c3ccccc3)[C@]3(O)C[C@H](OC(=O)C(OC(=O)CCC(=O)O)C(NC(=O)c4ccccc4)c4ccccc4)C(C)=C1C3(C)C)[C@]1(OC(C)=O)CO[C@@H]1C[C@@H]2O. The lowest BCUT2D eigenvalue weighted by atomic mass is 9.44. The van der Waals surface area contributed by atoms with Crippen LogP contribution in [0.3, 0.4) is 0 Å². The summed E-state index contributed by atoms with van der Waals surface area (Å²) in [7, 11) is 0. The van der Waals surface area contributed by atoms with Crippen molar-refractivity contribution < 1.29 is 82.1 Å². The van der Waals surface area contributed by atoms with Crippen LogP contribution in [0, 0.1) is 16.7 Å². The molecule has 4 N–H and O–H groups in total. The topological polar surface area (TPSA) is 265 Å². The number of aliphatic hydroxyl groups is 2. The first-order chi connectivity index (χ1) is 32.6. The first-order valence-corrected chi connectivity index (χ1v) is 22.5. The molecule has 3 aliphatic carbocycles. The van der Waals surface area contributed by atoms with Gasteiger partial charge in [-0.15, -0.1) is 0 Å². The molecule has 3 aromatic rings. The fourth-order valence-corrected chi connectivity index (χ4v) is 10.7. The summed E-state index contributed by atoms with van der Waals surface area (Å²) in [6, 6.07) is 22.1. The fourth-order valence-electron chi connectivity index (χ4n) is 10.7. The molecule has 7 rings (SSSR count). The summed E-state index contributed by atoms with van der Waals surface area (Å²) in [5.41, 5.74) is -7.77. The molecule has 3 unspecified atom stereocenters. The van der Waals surface area contributed by atoms with Gasteiger partial charge in [0, 0.05) is 37.7 Å². The molecule has 69 heavy (non-hydrogen) atoms. The molecule has 0 spiro atoms. The highest BCUT2D eigenvalue weighted by Gasteiger charge is 2.78. The Morgan fingerprint density at radius 1 is 0.812 bits per heavy atom. The second-order valence-corrected chi connectivity index (χ2v) is 18.7. The van der Waals surface area contributed by atoms with Crippen LogP contribution in [0.2, 0.25) is 0 Å². The zero-order chi connectivity index (χ0) is 50.2. The maximum absolute atomic E-state index is 15.7. The van der Waals surface area contributed by atoms with Crippen LogP contribution in [0.4, 0.5) is 0 Å². The molecular formula is C51H55NO17. The van der Waals surface area contributed by atoms with Gasteiger partial charge in [0.05, 0.1) is 42.4 Å². The Balaban J connectivity index is 1.42. The number of rotatable bonds is 14. The van der Waals surface area contributed by atoms with Crippen molar-refractivity contribution in [1.82, 2.24) is 5.32 Å². The third-order valence-corrected chi connectivity index (χ3v) is 14.3. The van der Waals surface area contributed by atoms with E-state index in [4.69, 9.17) is 28.4 Å². The number of carbonyl (C=O) groups is 8. The van der Waals surface area contributed by atoms with Crippen LogP contribution < -0.4 is 5.32 Å².